The summed E-state index contributed by atoms with van der Waals surface area (Å²) in [5.74, 6) is 1.49. The summed E-state index contributed by atoms with van der Waals surface area (Å²) in [6.45, 7) is 5.64. The number of nitrogens with zero attached hydrogens (tertiary/aromatic N) is 3. The van der Waals surface area contributed by atoms with E-state index in [-0.39, 0.29) is 12.0 Å². The molecule has 8 heteroatoms. The van der Waals surface area contributed by atoms with Gasteiger partial charge in [-0.3, -0.25) is 0 Å². The number of sulfonamides is 1. The van der Waals surface area contributed by atoms with Gasteiger partial charge in [-0.1, -0.05) is 13.8 Å². The first-order valence-corrected chi connectivity index (χ1v) is 9.24. The lowest BCUT2D eigenvalue weighted by molar-refractivity contribution is 0.365. The van der Waals surface area contributed by atoms with Crippen molar-refractivity contribution >= 4 is 26.9 Å². The highest BCUT2D eigenvalue weighted by Crippen LogP contribution is 2.31. The molecule has 0 spiro atoms. The van der Waals surface area contributed by atoms with Crippen molar-refractivity contribution in [3.05, 3.63) is 18.6 Å². The Morgan fingerprint density at radius 2 is 2.14 bits per heavy atom. The SMILES string of the molecule is CC(C)C1CN(c2ncnc3[nH]ccc23)CC1NS(C)(=O)=O. The molecule has 22 heavy (non-hydrogen) atoms. The van der Waals surface area contributed by atoms with Crippen LogP contribution in [0.25, 0.3) is 11.0 Å². The van der Waals surface area contributed by atoms with E-state index in [4.69, 9.17) is 0 Å². The molecular weight excluding hydrogens is 302 g/mol. The molecule has 0 aliphatic carbocycles. The molecule has 2 unspecified atom stereocenters. The third kappa shape index (κ3) is 2.93. The fourth-order valence-electron chi connectivity index (χ4n) is 3.19. The van der Waals surface area contributed by atoms with Crippen molar-refractivity contribution in [1.82, 2.24) is 19.7 Å². The van der Waals surface area contributed by atoms with Gasteiger partial charge >= 0.3 is 0 Å². The summed E-state index contributed by atoms with van der Waals surface area (Å²) in [5, 5.41) is 0.963. The number of aromatic amines is 1. The van der Waals surface area contributed by atoms with Gasteiger partial charge in [0.05, 0.1) is 11.6 Å². The molecule has 7 nitrogen and oxygen atoms in total. The van der Waals surface area contributed by atoms with Gasteiger partial charge in [-0.05, 0) is 17.9 Å². The zero-order valence-corrected chi connectivity index (χ0v) is 13.8. The highest BCUT2D eigenvalue weighted by molar-refractivity contribution is 7.88. The summed E-state index contributed by atoms with van der Waals surface area (Å²) in [4.78, 5) is 13.8. The maximum absolute atomic E-state index is 11.6. The minimum Gasteiger partial charge on any atom is -0.354 e. The van der Waals surface area contributed by atoms with Gasteiger partial charge in [0.1, 0.15) is 17.8 Å². The van der Waals surface area contributed by atoms with E-state index in [9.17, 15) is 8.42 Å². The molecule has 1 fully saturated rings. The molecule has 1 aliphatic rings. The molecule has 2 atom stereocenters. The third-order valence-electron chi connectivity index (χ3n) is 4.22. The second-order valence-corrected chi connectivity index (χ2v) is 8.03. The Bertz CT molecular complexity index is 770. The molecule has 2 N–H and O–H groups in total. The largest absolute Gasteiger partial charge is 0.354 e. The Balaban J connectivity index is 1.91. The van der Waals surface area contributed by atoms with Gasteiger partial charge in [0.15, 0.2) is 0 Å². The minimum atomic E-state index is -3.23. The van der Waals surface area contributed by atoms with Gasteiger partial charge in [0.2, 0.25) is 10.0 Å². The number of anilines is 1. The Morgan fingerprint density at radius 3 is 2.82 bits per heavy atom. The van der Waals surface area contributed by atoms with Crippen LogP contribution in [0.3, 0.4) is 0 Å². The number of aromatic nitrogens is 3. The van der Waals surface area contributed by atoms with E-state index in [1.54, 1.807) is 0 Å². The van der Waals surface area contributed by atoms with Crippen LogP contribution in [0, 0.1) is 11.8 Å². The zero-order chi connectivity index (χ0) is 15.9. The van der Waals surface area contributed by atoms with E-state index in [0.29, 0.717) is 12.5 Å². The fourth-order valence-corrected chi connectivity index (χ4v) is 3.99. The zero-order valence-electron chi connectivity index (χ0n) is 12.9. The standard InChI is InChI=1S/C14H21N5O2S/c1-9(2)11-6-19(7-12(11)18-22(3,20)21)14-10-4-5-15-13(10)16-8-17-14/h4-5,8-9,11-12,18H,6-7H2,1-3H3,(H,15,16,17). The van der Waals surface area contributed by atoms with E-state index in [2.05, 4.69) is 38.4 Å². The fraction of sp³-hybridized carbons (Fsp3) is 0.571. The Kier molecular flexibility index (Phi) is 3.82. The molecule has 2 aromatic heterocycles. The molecule has 1 saturated heterocycles. The first-order valence-electron chi connectivity index (χ1n) is 7.35. The monoisotopic (exact) mass is 323 g/mol. The minimum absolute atomic E-state index is 0.0982. The summed E-state index contributed by atoms with van der Waals surface area (Å²) < 4.78 is 26.0. The summed E-state index contributed by atoms with van der Waals surface area (Å²) >= 11 is 0. The maximum atomic E-state index is 11.6. The van der Waals surface area contributed by atoms with Crippen LogP contribution in [-0.4, -0.2) is 48.8 Å². The molecule has 0 radical (unpaired) electrons. The lowest BCUT2D eigenvalue weighted by atomic mass is 9.92. The van der Waals surface area contributed by atoms with Crippen LogP contribution in [0.15, 0.2) is 18.6 Å². The quantitative estimate of drug-likeness (QED) is 0.875. The van der Waals surface area contributed by atoms with Crippen molar-refractivity contribution in [3.8, 4) is 0 Å². The lowest BCUT2D eigenvalue weighted by Gasteiger charge is -2.21. The van der Waals surface area contributed by atoms with Crippen LogP contribution in [0.2, 0.25) is 0 Å². The predicted octanol–water partition coefficient (Wildman–Crippen LogP) is 0.968. The molecular formula is C14H21N5O2S. The first-order chi connectivity index (χ1) is 10.3. The number of hydrogen-bond acceptors (Lipinski definition) is 5. The van der Waals surface area contributed by atoms with Crippen molar-refractivity contribution in [2.45, 2.75) is 19.9 Å². The van der Waals surface area contributed by atoms with Gasteiger partial charge in [-0.25, -0.2) is 23.1 Å². The molecule has 0 saturated carbocycles. The Morgan fingerprint density at radius 1 is 1.36 bits per heavy atom. The van der Waals surface area contributed by atoms with E-state index in [1.807, 2.05) is 12.3 Å². The van der Waals surface area contributed by atoms with E-state index >= 15 is 0 Å². The van der Waals surface area contributed by atoms with Crippen LogP contribution in [0.5, 0.6) is 0 Å². The number of H-pyrrole nitrogens is 1. The summed E-state index contributed by atoms with van der Waals surface area (Å²) in [7, 11) is -3.23. The molecule has 120 valence electrons. The smallest absolute Gasteiger partial charge is 0.209 e. The molecule has 0 bridgehead atoms. The predicted molar refractivity (Wildman–Crippen MR) is 86.2 cm³/mol. The number of fused-ring (bicyclic) bond motifs is 1. The topological polar surface area (TPSA) is 91.0 Å². The van der Waals surface area contributed by atoms with Crippen molar-refractivity contribution in [3.63, 3.8) is 0 Å². The first kappa shape index (κ1) is 15.2. The number of nitrogens with one attached hydrogen (secondary N) is 2. The third-order valence-corrected chi connectivity index (χ3v) is 4.95. The van der Waals surface area contributed by atoms with E-state index in [1.165, 1.54) is 12.6 Å². The van der Waals surface area contributed by atoms with E-state index < -0.39 is 10.0 Å². The summed E-state index contributed by atoms with van der Waals surface area (Å²) in [5.41, 5.74) is 0.797. The van der Waals surface area contributed by atoms with Crippen LogP contribution in [0.1, 0.15) is 13.8 Å². The lowest BCUT2D eigenvalue weighted by Crippen LogP contribution is -2.41. The van der Waals surface area contributed by atoms with Gasteiger partial charge < -0.3 is 9.88 Å². The van der Waals surface area contributed by atoms with Gasteiger partial charge in [0.25, 0.3) is 0 Å². The highest BCUT2D eigenvalue weighted by Gasteiger charge is 2.37. The summed E-state index contributed by atoms with van der Waals surface area (Å²) in [6.07, 6.45) is 4.59. The van der Waals surface area contributed by atoms with Crippen molar-refractivity contribution in [2.75, 3.05) is 24.2 Å². The van der Waals surface area contributed by atoms with Crippen molar-refractivity contribution < 1.29 is 8.42 Å². The average Bonchev–Trinajstić information content (AvgIpc) is 3.02. The number of hydrogen-bond donors (Lipinski definition) is 2. The Labute approximate surface area is 130 Å². The summed E-state index contributed by atoms with van der Waals surface area (Å²) in [6, 6.07) is 1.85. The second kappa shape index (κ2) is 5.51. The van der Waals surface area contributed by atoms with E-state index in [0.717, 1.165) is 23.4 Å². The normalized spacial score (nSPS) is 22.8. The molecule has 3 rings (SSSR count). The number of rotatable bonds is 4. The molecule has 0 amide bonds. The van der Waals surface area contributed by atoms with Crippen molar-refractivity contribution in [1.29, 1.82) is 0 Å². The molecule has 1 aliphatic heterocycles. The molecule has 0 aromatic carbocycles. The highest BCUT2D eigenvalue weighted by atomic mass is 32.2. The molecule has 2 aromatic rings. The van der Waals surface area contributed by atoms with Gasteiger partial charge in [0, 0.05) is 25.3 Å². The second-order valence-electron chi connectivity index (χ2n) is 6.25. The van der Waals surface area contributed by atoms with Crippen LogP contribution in [-0.2, 0) is 10.0 Å². The Hall–Kier alpha value is -1.67. The van der Waals surface area contributed by atoms with Gasteiger partial charge in [-0.2, -0.15) is 0 Å². The van der Waals surface area contributed by atoms with Crippen LogP contribution in [0.4, 0.5) is 5.82 Å². The van der Waals surface area contributed by atoms with Crippen molar-refractivity contribution in [2.24, 2.45) is 11.8 Å². The van der Waals surface area contributed by atoms with Gasteiger partial charge in [-0.15, -0.1) is 0 Å². The van der Waals surface area contributed by atoms with Crippen LogP contribution >= 0.6 is 0 Å². The molecule has 3 heterocycles. The maximum Gasteiger partial charge on any atom is 0.209 e. The average molecular weight is 323 g/mol. The van der Waals surface area contributed by atoms with Crippen LogP contribution < -0.4 is 9.62 Å².